The van der Waals surface area contributed by atoms with Gasteiger partial charge in [0.2, 0.25) is 0 Å². The summed E-state index contributed by atoms with van der Waals surface area (Å²) in [6.45, 7) is 8.60. The van der Waals surface area contributed by atoms with Crippen LogP contribution in [-0.2, 0) is 0 Å². The van der Waals surface area contributed by atoms with E-state index in [2.05, 4.69) is 20.8 Å². The molecule has 0 amide bonds. The average Bonchev–Trinajstić information content (AvgIpc) is 2.32. The van der Waals surface area contributed by atoms with E-state index < -0.39 is 0 Å². The quantitative estimate of drug-likeness (QED) is 0.576. The number of aliphatic hydroxyl groups is 2. The summed E-state index contributed by atoms with van der Waals surface area (Å²) in [6.07, 6.45) is 7.25. The molecule has 0 aliphatic carbocycles. The van der Waals surface area contributed by atoms with Crippen molar-refractivity contribution in [2.75, 3.05) is 6.61 Å². The summed E-state index contributed by atoms with van der Waals surface area (Å²) in [5.41, 5.74) is 0. The highest BCUT2D eigenvalue weighted by atomic mass is 16.3. The predicted octanol–water partition coefficient (Wildman–Crippen LogP) is 3.61. The van der Waals surface area contributed by atoms with Crippen molar-refractivity contribution in [3.63, 3.8) is 0 Å². The maximum atomic E-state index is 9.98. The van der Waals surface area contributed by atoms with E-state index >= 15 is 0 Å². The Kier molecular flexibility index (Phi) is 9.85. The highest BCUT2D eigenvalue weighted by molar-refractivity contribution is 4.72. The summed E-state index contributed by atoms with van der Waals surface area (Å²) in [4.78, 5) is 0. The minimum absolute atomic E-state index is 0.00251. The molecule has 0 aliphatic rings. The van der Waals surface area contributed by atoms with Gasteiger partial charge < -0.3 is 10.2 Å². The van der Waals surface area contributed by atoms with Crippen molar-refractivity contribution >= 4 is 0 Å². The number of unbranched alkanes of at least 4 members (excludes halogenated alkanes) is 3. The maximum Gasteiger partial charge on any atom is 0.0613 e. The fourth-order valence-electron chi connectivity index (χ4n) is 2.48. The van der Waals surface area contributed by atoms with Crippen LogP contribution in [0.2, 0.25) is 0 Å². The van der Waals surface area contributed by atoms with Crippen LogP contribution in [0.5, 0.6) is 0 Å². The molecule has 0 radical (unpaired) electrons. The van der Waals surface area contributed by atoms with Crippen LogP contribution in [0.15, 0.2) is 0 Å². The molecular weight excluding hydrogens is 212 g/mol. The second-order valence-electron chi connectivity index (χ2n) is 5.82. The molecule has 0 unspecified atom stereocenters. The van der Waals surface area contributed by atoms with Gasteiger partial charge in [-0.25, -0.2) is 0 Å². The van der Waals surface area contributed by atoms with Crippen LogP contribution in [0.25, 0.3) is 0 Å². The summed E-state index contributed by atoms with van der Waals surface area (Å²) in [5, 5.41) is 19.0. The zero-order valence-corrected chi connectivity index (χ0v) is 12.2. The van der Waals surface area contributed by atoms with Gasteiger partial charge in [-0.05, 0) is 18.3 Å². The van der Waals surface area contributed by atoms with Crippen LogP contribution in [0.3, 0.4) is 0 Å². The summed E-state index contributed by atoms with van der Waals surface area (Å²) in [7, 11) is 0. The average molecular weight is 244 g/mol. The Labute approximate surface area is 107 Å². The van der Waals surface area contributed by atoms with Gasteiger partial charge in [0.15, 0.2) is 0 Å². The lowest BCUT2D eigenvalue weighted by atomic mass is 9.85. The van der Waals surface area contributed by atoms with Crippen LogP contribution in [0, 0.1) is 17.8 Å². The molecule has 0 aromatic heterocycles. The van der Waals surface area contributed by atoms with Gasteiger partial charge in [-0.2, -0.15) is 0 Å². The van der Waals surface area contributed by atoms with Gasteiger partial charge in [0.25, 0.3) is 0 Å². The molecule has 4 atom stereocenters. The summed E-state index contributed by atoms with van der Waals surface area (Å²) >= 11 is 0. The molecule has 0 heterocycles. The molecule has 2 N–H and O–H groups in total. The fraction of sp³-hybridized carbons (Fsp3) is 1.00. The SMILES string of the molecule is CCCCCC[C@H](C)C[C@H](C)[C@@H](O)[C@@H](C)CO. The smallest absolute Gasteiger partial charge is 0.0613 e. The number of hydrogen-bond acceptors (Lipinski definition) is 2. The third-order valence-electron chi connectivity index (χ3n) is 3.78. The standard InChI is InChI=1S/C15H32O2/c1-5-6-7-8-9-12(2)10-13(3)15(17)14(4)11-16/h12-17H,5-11H2,1-4H3/t12-,13-,14-,15+/m0/s1. The first kappa shape index (κ1) is 16.9. The summed E-state index contributed by atoms with van der Waals surface area (Å²) < 4.78 is 0. The number of rotatable bonds is 10. The Hall–Kier alpha value is -0.0800. The molecule has 0 aromatic rings. The molecular formula is C15H32O2. The van der Waals surface area contributed by atoms with Crippen molar-refractivity contribution in [3.05, 3.63) is 0 Å². The van der Waals surface area contributed by atoms with Crippen molar-refractivity contribution < 1.29 is 10.2 Å². The highest BCUT2D eigenvalue weighted by Crippen LogP contribution is 2.23. The Bertz CT molecular complexity index is 170. The largest absolute Gasteiger partial charge is 0.396 e. The van der Waals surface area contributed by atoms with E-state index in [-0.39, 0.29) is 18.6 Å². The number of hydrogen-bond donors (Lipinski definition) is 2. The van der Waals surface area contributed by atoms with Gasteiger partial charge in [-0.1, -0.05) is 59.8 Å². The Morgan fingerprint density at radius 2 is 1.59 bits per heavy atom. The van der Waals surface area contributed by atoms with Gasteiger partial charge in [0.1, 0.15) is 0 Å². The van der Waals surface area contributed by atoms with Crippen LogP contribution in [-0.4, -0.2) is 22.9 Å². The van der Waals surface area contributed by atoms with Crippen LogP contribution < -0.4 is 0 Å². The first-order valence-corrected chi connectivity index (χ1v) is 7.31. The topological polar surface area (TPSA) is 40.5 Å². The van der Waals surface area contributed by atoms with Gasteiger partial charge in [-0.3, -0.25) is 0 Å². The highest BCUT2D eigenvalue weighted by Gasteiger charge is 2.21. The zero-order chi connectivity index (χ0) is 13.3. The van der Waals surface area contributed by atoms with E-state index in [1.807, 2.05) is 6.92 Å². The van der Waals surface area contributed by atoms with Crippen molar-refractivity contribution in [2.45, 2.75) is 72.3 Å². The summed E-state index contributed by atoms with van der Waals surface area (Å²) in [6, 6.07) is 0. The summed E-state index contributed by atoms with van der Waals surface area (Å²) in [5.74, 6) is 0.970. The fourth-order valence-corrected chi connectivity index (χ4v) is 2.48. The molecule has 0 rings (SSSR count). The third-order valence-corrected chi connectivity index (χ3v) is 3.78. The molecule has 0 saturated heterocycles. The minimum Gasteiger partial charge on any atom is -0.396 e. The maximum absolute atomic E-state index is 9.98. The Balaban J connectivity index is 3.74. The monoisotopic (exact) mass is 244 g/mol. The van der Waals surface area contributed by atoms with Crippen molar-refractivity contribution in [1.29, 1.82) is 0 Å². The Morgan fingerprint density at radius 1 is 0.941 bits per heavy atom. The molecule has 0 aromatic carbocycles. The molecule has 17 heavy (non-hydrogen) atoms. The molecule has 0 aliphatic heterocycles. The lowest BCUT2D eigenvalue weighted by Crippen LogP contribution is -2.29. The van der Waals surface area contributed by atoms with Crippen LogP contribution in [0.1, 0.15) is 66.2 Å². The van der Waals surface area contributed by atoms with Crippen molar-refractivity contribution in [2.24, 2.45) is 17.8 Å². The molecule has 2 heteroatoms. The van der Waals surface area contributed by atoms with Crippen molar-refractivity contribution in [3.8, 4) is 0 Å². The Morgan fingerprint density at radius 3 is 2.12 bits per heavy atom. The molecule has 0 spiro atoms. The minimum atomic E-state index is -0.363. The lowest BCUT2D eigenvalue weighted by molar-refractivity contribution is 0.0285. The van der Waals surface area contributed by atoms with Gasteiger partial charge in [0, 0.05) is 12.5 Å². The van der Waals surface area contributed by atoms with Crippen molar-refractivity contribution in [1.82, 2.24) is 0 Å². The lowest BCUT2D eigenvalue weighted by Gasteiger charge is -2.26. The molecule has 0 saturated carbocycles. The first-order valence-electron chi connectivity index (χ1n) is 7.31. The number of aliphatic hydroxyl groups excluding tert-OH is 2. The molecule has 0 fully saturated rings. The van der Waals surface area contributed by atoms with E-state index in [4.69, 9.17) is 5.11 Å². The van der Waals surface area contributed by atoms with E-state index in [1.165, 1.54) is 32.1 Å². The molecule has 0 bridgehead atoms. The first-order chi connectivity index (χ1) is 8.02. The van der Waals surface area contributed by atoms with E-state index in [1.54, 1.807) is 0 Å². The molecule has 104 valence electrons. The second-order valence-corrected chi connectivity index (χ2v) is 5.82. The van der Waals surface area contributed by atoms with Gasteiger partial charge in [-0.15, -0.1) is 0 Å². The predicted molar refractivity (Wildman–Crippen MR) is 74.0 cm³/mol. The van der Waals surface area contributed by atoms with Gasteiger partial charge in [0.05, 0.1) is 6.10 Å². The van der Waals surface area contributed by atoms with E-state index in [9.17, 15) is 5.11 Å². The van der Waals surface area contributed by atoms with Gasteiger partial charge >= 0.3 is 0 Å². The molecule has 2 nitrogen and oxygen atoms in total. The third kappa shape index (κ3) is 7.77. The zero-order valence-electron chi connectivity index (χ0n) is 12.2. The van der Waals surface area contributed by atoms with Crippen LogP contribution in [0.4, 0.5) is 0 Å². The second kappa shape index (κ2) is 9.90. The van der Waals surface area contributed by atoms with E-state index in [0.29, 0.717) is 11.8 Å². The van der Waals surface area contributed by atoms with Crippen LogP contribution >= 0.6 is 0 Å². The van der Waals surface area contributed by atoms with E-state index in [0.717, 1.165) is 6.42 Å². The normalized spacial score (nSPS) is 18.7.